The summed E-state index contributed by atoms with van der Waals surface area (Å²) in [5, 5.41) is 3.17. The lowest BCUT2D eigenvalue weighted by molar-refractivity contribution is -0.121. The summed E-state index contributed by atoms with van der Waals surface area (Å²) in [6.45, 7) is 4.49. The van der Waals surface area contributed by atoms with Crippen molar-refractivity contribution in [2.24, 2.45) is 11.8 Å². The molecule has 3 unspecified atom stereocenters. The third-order valence-electron chi connectivity index (χ3n) is 4.50. The number of hydrogen-bond donors (Lipinski definition) is 2. The first-order valence-electron chi connectivity index (χ1n) is 7.24. The molecule has 0 spiro atoms. The van der Waals surface area contributed by atoms with Gasteiger partial charge in [-0.05, 0) is 36.3 Å². The summed E-state index contributed by atoms with van der Waals surface area (Å²) >= 11 is 0. The lowest BCUT2D eigenvalue weighted by Gasteiger charge is -2.21. The number of carbonyl (C=O) groups excluding carboxylic acids is 1. The maximum Gasteiger partial charge on any atom is 0.224 e. The van der Waals surface area contributed by atoms with Gasteiger partial charge in [0.1, 0.15) is 0 Å². The van der Waals surface area contributed by atoms with Crippen molar-refractivity contribution in [1.82, 2.24) is 5.32 Å². The second-order valence-corrected chi connectivity index (χ2v) is 5.65. The van der Waals surface area contributed by atoms with Crippen molar-refractivity contribution in [3.05, 3.63) is 29.8 Å². The van der Waals surface area contributed by atoms with Crippen LogP contribution in [0.15, 0.2) is 24.3 Å². The van der Waals surface area contributed by atoms with Crippen molar-refractivity contribution in [1.29, 1.82) is 0 Å². The molecule has 0 radical (unpaired) electrons. The van der Waals surface area contributed by atoms with Crippen LogP contribution >= 0.6 is 0 Å². The van der Waals surface area contributed by atoms with Gasteiger partial charge in [-0.2, -0.15) is 0 Å². The number of carbonyl (C=O) groups is 1. The van der Waals surface area contributed by atoms with Crippen LogP contribution in [0.3, 0.4) is 0 Å². The van der Waals surface area contributed by atoms with Crippen LogP contribution in [-0.4, -0.2) is 11.9 Å². The molecule has 3 heteroatoms. The second kappa shape index (κ2) is 6.09. The van der Waals surface area contributed by atoms with Gasteiger partial charge in [-0.1, -0.05) is 38.5 Å². The van der Waals surface area contributed by atoms with Crippen LogP contribution in [0.4, 0.5) is 5.69 Å². The van der Waals surface area contributed by atoms with Crippen molar-refractivity contribution < 1.29 is 4.79 Å². The molecule has 0 heterocycles. The summed E-state index contributed by atoms with van der Waals surface area (Å²) in [5.41, 5.74) is 7.48. The van der Waals surface area contributed by atoms with Crippen molar-refractivity contribution >= 4 is 11.6 Å². The van der Waals surface area contributed by atoms with Gasteiger partial charge in [0.15, 0.2) is 0 Å². The zero-order valence-corrected chi connectivity index (χ0v) is 11.9. The molecule has 1 fully saturated rings. The molecular formula is C16H24N2O. The Labute approximate surface area is 115 Å². The number of nitrogen functional groups attached to an aromatic ring is 1. The lowest BCUT2D eigenvalue weighted by Crippen LogP contribution is -2.38. The summed E-state index contributed by atoms with van der Waals surface area (Å²) in [6.07, 6.45) is 3.93. The van der Waals surface area contributed by atoms with E-state index in [4.69, 9.17) is 5.73 Å². The molecule has 1 aliphatic rings. The van der Waals surface area contributed by atoms with Gasteiger partial charge in [-0.25, -0.2) is 0 Å². The number of para-hydroxylation sites is 1. The predicted molar refractivity (Wildman–Crippen MR) is 78.7 cm³/mol. The van der Waals surface area contributed by atoms with Gasteiger partial charge in [0.2, 0.25) is 5.91 Å². The smallest absolute Gasteiger partial charge is 0.224 e. The molecule has 1 aliphatic carbocycles. The van der Waals surface area contributed by atoms with E-state index in [1.54, 1.807) is 0 Å². The zero-order valence-electron chi connectivity index (χ0n) is 11.9. The van der Waals surface area contributed by atoms with E-state index in [2.05, 4.69) is 19.2 Å². The molecule has 3 N–H and O–H groups in total. The summed E-state index contributed by atoms with van der Waals surface area (Å²) in [6, 6.07) is 7.91. The quantitative estimate of drug-likeness (QED) is 0.818. The Morgan fingerprint density at radius 3 is 2.74 bits per heavy atom. The van der Waals surface area contributed by atoms with Crippen LogP contribution in [0.25, 0.3) is 0 Å². The third kappa shape index (κ3) is 3.28. The van der Waals surface area contributed by atoms with Gasteiger partial charge >= 0.3 is 0 Å². The fourth-order valence-corrected chi connectivity index (χ4v) is 3.15. The minimum absolute atomic E-state index is 0.0894. The molecule has 0 bridgehead atoms. The highest BCUT2D eigenvalue weighted by Gasteiger charge is 2.32. The minimum Gasteiger partial charge on any atom is -0.398 e. The van der Waals surface area contributed by atoms with Crippen LogP contribution in [-0.2, 0) is 11.2 Å². The van der Waals surface area contributed by atoms with E-state index in [1.807, 2.05) is 24.3 Å². The Hall–Kier alpha value is -1.51. The SMILES string of the molecule is CCC1CCC(NC(=O)Cc2ccccc2N)C1C. The average Bonchev–Trinajstić information content (AvgIpc) is 2.73. The first-order chi connectivity index (χ1) is 9.11. The van der Waals surface area contributed by atoms with E-state index >= 15 is 0 Å². The molecule has 1 aromatic rings. The molecule has 1 amide bonds. The summed E-state index contributed by atoms with van der Waals surface area (Å²) in [4.78, 5) is 12.1. The largest absolute Gasteiger partial charge is 0.398 e. The molecular weight excluding hydrogens is 236 g/mol. The maximum absolute atomic E-state index is 12.1. The van der Waals surface area contributed by atoms with Crippen molar-refractivity contribution in [2.45, 2.75) is 45.6 Å². The number of nitrogens with one attached hydrogen (secondary N) is 1. The summed E-state index contributed by atoms with van der Waals surface area (Å²) in [5.74, 6) is 1.43. The van der Waals surface area contributed by atoms with Gasteiger partial charge in [0.25, 0.3) is 0 Å². The molecule has 0 aromatic heterocycles. The van der Waals surface area contributed by atoms with Crippen molar-refractivity contribution in [2.75, 3.05) is 5.73 Å². The van der Waals surface area contributed by atoms with Gasteiger partial charge in [0, 0.05) is 11.7 Å². The normalized spacial score (nSPS) is 26.3. The molecule has 2 rings (SSSR count). The van der Waals surface area contributed by atoms with Gasteiger partial charge < -0.3 is 11.1 Å². The van der Waals surface area contributed by atoms with E-state index in [-0.39, 0.29) is 5.91 Å². The second-order valence-electron chi connectivity index (χ2n) is 5.65. The van der Waals surface area contributed by atoms with E-state index in [0.29, 0.717) is 24.1 Å². The number of amides is 1. The first kappa shape index (κ1) is 13.9. The van der Waals surface area contributed by atoms with Crippen molar-refractivity contribution in [3.8, 4) is 0 Å². The topological polar surface area (TPSA) is 55.1 Å². The Kier molecular flexibility index (Phi) is 4.46. The van der Waals surface area contributed by atoms with E-state index in [1.165, 1.54) is 12.8 Å². The fourth-order valence-electron chi connectivity index (χ4n) is 3.15. The Morgan fingerprint density at radius 2 is 2.11 bits per heavy atom. The minimum atomic E-state index is 0.0894. The van der Waals surface area contributed by atoms with Gasteiger partial charge in [-0.15, -0.1) is 0 Å². The van der Waals surface area contributed by atoms with Crippen LogP contribution in [0, 0.1) is 11.8 Å². The highest BCUT2D eigenvalue weighted by atomic mass is 16.1. The molecule has 3 atom stereocenters. The zero-order chi connectivity index (χ0) is 13.8. The number of anilines is 1. The van der Waals surface area contributed by atoms with Crippen LogP contribution in [0.5, 0.6) is 0 Å². The lowest BCUT2D eigenvalue weighted by atomic mass is 9.93. The highest BCUT2D eigenvalue weighted by Crippen LogP contribution is 2.33. The first-order valence-corrected chi connectivity index (χ1v) is 7.24. The monoisotopic (exact) mass is 260 g/mol. The van der Waals surface area contributed by atoms with E-state index < -0.39 is 0 Å². The fraction of sp³-hybridized carbons (Fsp3) is 0.562. The average molecular weight is 260 g/mol. The van der Waals surface area contributed by atoms with Crippen LogP contribution in [0.2, 0.25) is 0 Å². The molecule has 3 nitrogen and oxygen atoms in total. The molecule has 1 saturated carbocycles. The maximum atomic E-state index is 12.1. The number of nitrogens with two attached hydrogens (primary N) is 1. The summed E-state index contributed by atoms with van der Waals surface area (Å²) < 4.78 is 0. The molecule has 1 aromatic carbocycles. The Morgan fingerprint density at radius 1 is 1.37 bits per heavy atom. The van der Waals surface area contributed by atoms with Crippen molar-refractivity contribution in [3.63, 3.8) is 0 Å². The Balaban J connectivity index is 1.90. The highest BCUT2D eigenvalue weighted by molar-refractivity contribution is 5.80. The van der Waals surface area contributed by atoms with Gasteiger partial charge in [0.05, 0.1) is 6.42 Å². The van der Waals surface area contributed by atoms with Crippen LogP contribution in [0.1, 0.15) is 38.7 Å². The molecule has 104 valence electrons. The Bertz CT molecular complexity index is 444. The molecule has 0 aliphatic heterocycles. The van der Waals surface area contributed by atoms with Crippen LogP contribution < -0.4 is 11.1 Å². The van der Waals surface area contributed by atoms with Gasteiger partial charge in [-0.3, -0.25) is 4.79 Å². The van der Waals surface area contributed by atoms with E-state index in [9.17, 15) is 4.79 Å². The third-order valence-corrected chi connectivity index (χ3v) is 4.50. The number of hydrogen-bond acceptors (Lipinski definition) is 2. The molecule has 0 saturated heterocycles. The van der Waals surface area contributed by atoms with E-state index in [0.717, 1.165) is 17.9 Å². The summed E-state index contributed by atoms with van der Waals surface area (Å²) in [7, 11) is 0. The predicted octanol–water partition coefficient (Wildman–Crippen LogP) is 2.75. The number of rotatable bonds is 4. The number of benzene rings is 1. The molecule has 19 heavy (non-hydrogen) atoms. The standard InChI is InChI=1S/C16H24N2O/c1-3-12-8-9-15(11(12)2)18-16(19)10-13-6-4-5-7-14(13)17/h4-7,11-12,15H,3,8-10,17H2,1-2H3,(H,18,19).